The first-order valence-electron chi connectivity index (χ1n) is 9.18. The summed E-state index contributed by atoms with van der Waals surface area (Å²) in [6.07, 6.45) is -2.65. The van der Waals surface area contributed by atoms with Gasteiger partial charge in [0.2, 0.25) is 0 Å². The van der Waals surface area contributed by atoms with Crippen LogP contribution < -0.4 is 9.47 Å². The number of ether oxygens (including phenoxy) is 3. The molecule has 0 saturated carbocycles. The van der Waals surface area contributed by atoms with Gasteiger partial charge in [-0.3, -0.25) is 0 Å². The van der Waals surface area contributed by atoms with Gasteiger partial charge in [0.15, 0.2) is 11.5 Å². The van der Waals surface area contributed by atoms with Gasteiger partial charge in [0, 0.05) is 5.02 Å². The summed E-state index contributed by atoms with van der Waals surface area (Å²) in [4.78, 5) is 0. The van der Waals surface area contributed by atoms with Gasteiger partial charge in [-0.25, -0.2) is 0 Å². The fourth-order valence-corrected chi connectivity index (χ4v) is 3.74. The minimum atomic E-state index is -1.43. The fourth-order valence-electron chi connectivity index (χ4n) is 3.56. The lowest BCUT2D eigenvalue weighted by Gasteiger charge is -2.40. The van der Waals surface area contributed by atoms with Crippen molar-refractivity contribution >= 4 is 11.6 Å². The lowest BCUT2D eigenvalue weighted by molar-refractivity contribution is -0.231. The number of rotatable bonds is 4. The van der Waals surface area contributed by atoms with Gasteiger partial charge in [0.1, 0.15) is 43.0 Å². The van der Waals surface area contributed by atoms with Gasteiger partial charge in [-0.15, -0.1) is 0 Å². The maximum atomic E-state index is 10.4. The van der Waals surface area contributed by atoms with Crippen molar-refractivity contribution in [3.05, 3.63) is 70.6 Å². The van der Waals surface area contributed by atoms with Crippen molar-refractivity contribution in [1.29, 1.82) is 0 Å². The standard InChI is InChI=1S/C21H21ClO7/c22-14-3-2-12(21-20(26)19(25)18(24)17(10-23)29-21)9-13(14)7-11-1-4-15-16(8-11)28-6-5-27-15/h1-6,8-9,17-21,23-26H,7,10H2. The minimum absolute atomic E-state index is 0.479. The monoisotopic (exact) mass is 420 g/mol. The van der Waals surface area contributed by atoms with E-state index in [1.54, 1.807) is 18.2 Å². The summed E-state index contributed by atoms with van der Waals surface area (Å²) in [6, 6.07) is 10.7. The SMILES string of the molecule is OCC1OC(c2ccc(Cl)c(Cc3ccc4c(c3)OC=CO4)c2)C(O)C(O)C1O. The molecule has 154 valence electrons. The lowest BCUT2D eigenvalue weighted by atomic mass is 9.90. The van der Waals surface area contributed by atoms with Crippen LogP contribution in [0, 0.1) is 0 Å². The second-order valence-corrected chi connectivity index (χ2v) is 7.47. The van der Waals surface area contributed by atoms with Gasteiger partial charge in [-0.05, 0) is 41.3 Å². The zero-order valence-electron chi connectivity index (χ0n) is 15.3. The van der Waals surface area contributed by atoms with Crippen molar-refractivity contribution in [1.82, 2.24) is 0 Å². The Morgan fingerprint density at radius 1 is 0.862 bits per heavy atom. The highest BCUT2D eigenvalue weighted by molar-refractivity contribution is 6.31. The largest absolute Gasteiger partial charge is 0.458 e. The number of fused-ring (bicyclic) bond motifs is 1. The fraction of sp³-hybridized carbons (Fsp3) is 0.333. The Labute approximate surface area is 172 Å². The molecule has 2 aliphatic rings. The van der Waals surface area contributed by atoms with E-state index < -0.39 is 37.1 Å². The third-order valence-electron chi connectivity index (χ3n) is 5.14. The third kappa shape index (κ3) is 3.98. The second-order valence-electron chi connectivity index (χ2n) is 7.07. The van der Waals surface area contributed by atoms with Crippen LogP contribution in [0.4, 0.5) is 0 Å². The van der Waals surface area contributed by atoms with E-state index in [-0.39, 0.29) is 0 Å². The highest BCUT2D eigenvalue weighted by Crippen LogP contribution is 2.36. The van der Waals surface area contributed by atoms with E-state index >= 15 is 0 Å². The van der Waals surface area contributed by atoms with E-state index in [1.807, 2.05) is 18.2 Å². The van der Waals surface area contributed by atoms with E-state index in [0.717, 1.165) is 11.1 Å². The van der Waals surface area contributed by atoms with Crippen molar-refractivity contribution in [2.45, 2.75) is 36.9 Å². The molecule has 0 radical (unpaired) electrons. The van der Waals surface area contributed by atoms with Crippen LogP contribution in [0.5, 0.6) is 11.5 Å². The predicted molar refractivity (Wildman–Crippen MR) is 104 cm³/mol. The van der Waals surface area contributed by atoms with E-state index in [9.17, 15) is 20.4 Å². The van der Waals surface area contributed by atoms with Crippen molar-refractivity contribution in [3.8, 4) is 11.5 Å². The molecule has 0 spiro atoms. The van der Waals surface area contributed by atoms with Crippen LogP contribution in [0.2, 0.25) is 5.02 Å². The Bertz CT molecular complexity index is 914. The summed E-state index contributed by atoms with van der Waals surface area (Å²) in [5.74, 6) is 1.23. The molecule has 2 aliphatic heterocycles. The van der Waals surface area contributed by atoms with Crippen molar-refractivity contribution in [2.24, 2.45) is 0 Å². The van der Waals surface area contributed by atoms with Crippen LogP contribution in [0.1, 0.15) is 22.8 Å². The highest BCUT2D eigenvalue weighted by atomic mass is 35.5. The smallest absolute Gasteiger partial charge is 0.169 e. The third-order valence-corrected chi connectivity index (χ3v) is 5.51. The Hall–Kier alpha value is -2.13. The van der Waals surface area contributed by atoms with Gasteiger partial charge in [-0.2, -0.15) is 0 Å². The predicted octanol–water partition coefficient (Wildman–Crippen LogP) is 1.69. The summed E-state index contributed by atoms with van der Waals surface area (Å²) >= 11 is 6.37. The van der Waals surface area contributed by atoms with E-state index in [1.165, 1.54) is 12.5 Å². The first kappa shape index (κ1) is 20.2. The minimum Gasteiger partial charge on any atom is -0.458 e. The maximum Gasteiger partial charge on any atom is 0.169 e. The van der Waals surface area contributed by atoms with E-state index in [4.69, 9.17) is 25.8 Å². The van der Waals surface area contributed by atoms with Crippen molar-refractivity contribution < 1.29 is 34.6 Å². The highest BCUT2D eigenvalue weighted by Gasteiger charge is 2.44. The molecule has 0 aromatic heterocycles. The average molecular weight is 421 g/mol. The number of aliphatic hydroxyl groups is 4. The molecule has 1 fully saturated rings. The molecule has 0 amide bonds. The van der Waals surface area contributed by atoms with Crippen molar-refractivity contribution in [3.63, 3.8) is 0 Å². The first-order valence-corrected chi connectivity index (χ1v) is 9.56. The molecule has 2 heterocycles. The summed E-state index contributed by atoms with van der Waals surface area (Å²) < 4.78 is 16.4. The molecule has 0 bridgehead atoms. The van der Waals surface area contributed by atoms with Crippen LogP contribution in [0.15, 0.2) is 48.9 Å². The number of hydrogen-bond acceptors (Lipinski definition) is 7. The molecular formula is C21H21ClO7. The molecule has 2 aromatic carbocycles. The van der Waals surface area contributed by atoms with Crippen LogP contribution in [-0.4, -0.2) is 51.4 Å². The van der Waals surface area contributed by atoms with Crippen molar-refractivity contribution in [2.75, 3.05) is 6.61 Å². The van der Waals surface area contributed by atoms with E-state index in [0.29, 0.717) is 28.5 Å². The number of aliphatic hydroxyl groups excluding tert-OH is 4. The molecule has 2 aromatic rings. The molecule has 1 saturated heterocycles. The zero-order chi connectivity index (χ0) is 20.5. The molecule has 0 aliphatic carbocycles. The Morgan fingerprint density at radius 2 is 1.62 bits per heavy atom. The Kier molecular flexibility index (Phi) is 5.78. The molecule has 5 unspecified atom stereocenters. The molecule has 4 N–H and O–H groups in total. The van der Waals surface area contributed by atoms with Gasteiger partial charge >= 0.3 is 0 Å². The molecule has 7 nitrogen and oxygen atoms in total. The zero-order valence-corrected chi connectivity index (χ0v) is 16.1. The quantitative estimate of drug-likeness (QED) is 0.596. The topological polar surface area (TPSA) is 109 Å². The molecule has 8 heteroatoms. The Morgan fingerprint density at radius 3 is 2.38 bits per heavy atom. The maximum absolute atomic E-state index is 10.4. The number of halogens is 1. The van der Waals surface area contributed by atoms with Gasteiger partial charge in [0.05, 0.1) is 6.61 Å². The second kappa shape index (κ2) is 8.31. The van der Waals surface area contributed by atoms with Crippen LogP contribution >= 0.6 is 11.6 Å². The van der Waals surface area contributed by atoms with Crippen LogP contribution in [0.3, 0.4) is 0 Å². The molecular weight excluding hydrogens is 400 g/mol. The van der Waals surface area contributed by atoms with E-state index in [2.05, 4.69) is 0 Å². The van der Waals surface area contributed by atoms with Gasteiger partial charge < -0.3 is 34.6 Å². The summed E-state index contributed by atoms with van der Waals surface area (Å²) in [6.45, 7) is -0.479. The first-order chi connectivity index (χ1) is 14.0. The molecule has 4 rings (SSSR count). The normalized spacial score (nSPS) is 28.4. The van der Waals surface area contributed by atoms with Gasteiger partial charge in [0.25, 0.3) is 0 Å². The number of benzene rings is 2. The lowest BCUT2D eigenvalue weighted by Crippen LogP contribution is -2.55. The van der Waals surface area contributed by atoms with Crippen LogP contribution in [-0.2, 0) is 11.2 Å². The molecule has 29 heavy (non-hydrogen) atoms. The summed E-state index contributed by atoms with van der Waals surface area (Å²) in [5.41, 5.74) is 2.31. The van der Waals surface area contributed by atoms with Crippen LogP contribution in [0.25, 0.3) is 0 Å². The Balaban J connectivity index is 1.60. The summed E-state index contributed by atoms with van der Waals surface area (Å²) in [7, 11) is 0. The number of hydrogen-bond donors (Lipinski definition) is 4. The summed E-state index contributed by atoms with van der Waals surface area (Å²) in [5, 5.41) is 40.3. The van der Waals surface area contributed by atoms with Gasteiger partial charge in [-0.1, -0.05) is 29.8 Å². The average Bonchev–Trinajstić information content (AvgIpc) is 2.74. The molecule has 5 atom stereocenters.